The zero-order valence-electron chi connectivity index (χ0n) is 13.1. The molecule has 2 aliphatic heterocycles. The molecule has 1 unspecified atom stereocenters. The van der Waals surface area contributed by atoms with Crippen LogP contribution in [0.3, 0.4) is 0 Å². The summed E-state index contributed by atoms with van der Waals surface area (Å²) in [6.45, 7) is 3.90. The second-order valence-corrected chi connectivity index (χ2v) is 8.54. The lowest BCUT2D eigenvalue weighted by molar-refractivity contribution is -0.0121. The Morgan fingerprint density at radius 1 is 0.750 bits per heavy atom. The van der Waals surface area contributed by atoms with E-state index in [1.165, 1.54) is 90.3 Å². The Bertz CT molecular complexity index is 321. The van der Waals surface area contributed by atoms with Crippen LogP contribution >= 0.6 is 0 Å². The van der Waals surface area contributed by atoms with Crippen LogP contribution in [0.5, 0.6) is 0 Å². The first-order valence-corrected chi connectivity index (χ1v) is 9.24. The molecule has 2 saturated heterocycles. The maximum atomic E-state index is 3.98. The van der Waals surface area contributed by atoms with Crippen molar-refractivity contribution >= 4 is 0 Å². The van der Waals surface area contributed by atoms with Gasteiger partial charge < -0.3 is 10.6 Å². The molecule has 1 atom stereocenters. The van der Waals surface area contributed by atoms with E-state index in [-0.39, 0.29) is 0 Å². The van der Waals surface area contributed by atoms with Gasteiger partial charge in [0.15, 0.2) is 0 Å². The smallest absolute Gasteiger partial charge is 0.00961 e. The Morgan fingerprint density at radius 3 is 2.20 bits per heavy atom. The summed E-state index contributed by atoms with van der Waals surface area (Å²) >= 11 is 0. The molecule has 2 spiro atoms. The molecule has 2 heteroatoms. The minimum absolute atomic E-state index is 0.711. The van der Waals surface area contributed by atoms with Gasteiger partial charge in [-0.2, -0.15) is 0 Å². The maximum Gasteiger partial charge on any atom is 0.00961 e. The van der Waals surface area contributed by atoms with Crippen molar-refractivity contribution in [1.82, 2.24) is 10.6 Å². The van der Waals surface area contributed by atoms with Crippen molar-refractivity contribution in [2.75, 3.05) is 19.6 Å². The van der Waals surface area contributed by atoms with Crippen LogP contribution in [0.15, 0.2) is 0 Å². The first-order valence-electron chi connectivity index (χ1n) is 9.24. The van der Waals surface area contributed by atoms with Crippen molar-refractivity contribution in [3.63, 3.8) is 0 Å². The molecule has 0 aromatic heterocycles. The Balaban J connectivity index is 1.28. The van der Waals surface area contributed by atoms with Gasteiger partial charge in [-0.05, 0) is 74.7 Å². The van der Waals surface area contributed by atoms with Gasteiger partial charge in [-0.3, -0.25) is 0 Å². The summed E-state index contributed by atoms with van der Waals surface area (Å²) < 4.78 is 0. The van der Waals surface area contributed by atoms with Gasteiger partial charge in [0.1, 0.15) is 0 Å². The average molecular weight is 276 g/mol. The molecule has 0 radical (unpaired) electrons. The second kappa shape index (κ2) is 5.28. The highest BCUT2D eigenvalue weighted by molar-refractivity contribution is 5.03. The molecule has 4 rings (SSSR count). The molecule has 2 nitrogen and oxygen atoms in total. The largest absolute Gasteiger partial charge is 0.316 e. The van der Waals surface area contributed by atoms with E-state index in [9.17, 15) is 0 Å². The molecule has 0 bridgehead atoms. The van der Waals surface area contributed by atoms with E-state index >= 15 is 0 Å². The van der Waals surface area contributed by atoms with Gasteiger partial charge in [-0.15, -0.1) is 0 Å². The summed E-state index contributed by atoms with van der Waals surface area (Å²) in [6, 6.07) is 0.857. The number of nitrogens with one attached hydrogen (secondary N) is 2. The third-order valence-corrected chi connectivity index (χ3v) is 7.16. The Kier molecular flexibility index (Phi) is 3.58. The lowest BCUT2D eigenvalue weighted by Gasteiger charge is -2.55. The summed E-state index contributed by atoms with van der Waals surface area (Å²) in [5.74, 6) is 0.996. The van der Waals surface area contributed by atoms with Crippen molar-refractivity contribution in [3.05, 3.63) is 0 Å². The van der Waals surface area contributed by atoms with Crippen molar-refractivity contribution in [2.45, 2.75) is 76.7 Å². The van der Waals surface area contributed by atoms with Gasteiger partial charge >= 0.3 is 0 Å². The van der Waals surface area contributed by atoms with Crippen LogP contribution in [0.1, 0.15) is 70.6 Å². The zero-order chi connectivity index (χ0) is 13.5. The fourth-order valence-electron chi connectivity index (χ4n) is 5.85. The van der Waals surface area contributed by atoms with Gasteiger partial charge in [-0.1, -0.05) is 19.3 Å². The molecule has 0 aromatic carbocycles. The van der Waals surface area contributed by atoms with Crippen LogP contribution in [0, 0.1) is 16.7 Å². The van der Waals surface area contributed by atoms with Crippen LogP contribution in [0.2, 0.25) is 0 Å². The minimum atomic E-state index is 0.711. The Morgan fingerprint density at radius 2 is 1.55 bits per heavy atom. The van der Waals surface area contributed by atoms with Crippen LogP contribution in [0.4, 0.5) is 0 Å². The van der Waals surface area contributed by atoms with Crippen molar-refractivity contribution in [1.29, 1.82) is 0 Å². The summed E-state index contributed by atoms with van der Waals surface area (Å²) in [6.07, 6.45) is 16.4. The molecule has 0 aromatic rings. The fraction of sp³-hybridized carbons (Fsp3) is 1.00. The van der Waals surface area contributed by atoms with Gasteiger partial charge in [0.05, 0.1) is 0 Å². The third-order valence-electron chi connectivity index (χ3n) is 7.16. The highest BCUT2D eigenvalue weighted by Crippen LogP contribution is 2.53. The summed E-state index contributed by atoms with van der Waals surface area (Å²) in [5, 5.41) is 7.61. The first kappa shape index (κ1) is 13.6. The Hall–Kier alpha value is -0.0800. The molecule has 2 heterocycles. The lowest BCUT2D eigenvalue weighted by Crippen LogP contribution is -2.57. The molecule has 4 aliphatic rings. The highest BCUT2D eigenvalue weighted by Gasteiger charge is 2.48. The van der Waals surface area contributed by atoms with Gasteiger partial charge in [-0.25, -0.2) is 0 Å². The van der Waals surface area contributed by atoms with E-state index in [1.54, 1.807) is 0 Å². The van der Waals surface area contributed by atoms with Crippen LogP contribution < -0.4 is 10.6 Å². The molecule has 0 amide bonds. The standard InChI is InChI=1S/C18H32N2/c1-2-6-17(7-3-1)9-5-16(20-14-17)15-11-18(12-15)8-4-10-19-13-18/h15-16,19-20H,1-14H2. The molecule has 2 N–H and O–H groups in total. The van der Waals surface area contributed by atoms with Crippen molar-refractivity contribution in [3.8, 4) is 0 Å². The van der Waals surface area contributed by atoms with E-state index in [0.29, 0.717) is 10.8 Å². The van der Waals surface area contributed by atoms with Gasteiger partial charge in [0.2, 0.25) is 0 Å². The summed E-state index contributed by atoms with van der Waals surface area (Å²) in [4.78, 5) is 0. The number of hydrogen-bond donors (Lipinski definition) is 2. The van der Waals surface area contributed by atoms with Crippen LogP contribution in [-0.2, 0) is 0 Å². The SMILES string of the molecule is C1CCC2(CC1)CCC(C1CC3(CCCNC3)C1)NC2. The Labute approximate surface area is 124 Å². The topological polar surface area (TPSA) is 24.1 Å². The van der Waals surface area contributed by atoms with Crippen LogP contribution in [0.25, 0.3) is 0 Å². The number of hydrogen-bond acceptors (Lipinski definition) is 2. The quantitative estimate of drug-likeness (QED) is 0.766. The van der Waals surface area contributed by atoms with E-state index < -0.39 is 0 Å². The van der Waals surface area contributed by atoms with Crippen molar-refractivity contribution < 1.29 is 0 Å². The first-order chi connectivity index (χ1) is 9.79. The number of piperidine rings is 2. The molecule has 114 valence electrons. The third kappa shape index (κ3) is 2.43. The average Bonchev–Trinajstić information content (AvgIpc) is 2.48. The summed E-state index contributed by atoms with van der Waals surface area (Å²) in [7, 11) is 0. The van der Waals surface area contributed by atoms with Crippen LogP contribution in [-0.4, -0.2) is 25.7 Å². The maximum absolute atomic E-state index is 3.98. The predicted octanol–water partition coefficient (Wildman–Crippen LogP) is 3.47. The number of rotatable bonds is 1. The normalized spacial score (nSPS) is 39.6. The molecule has 20 heavy (non-hydrogen) atoms. The molecular weight excluding hydrogens is 244 g/mol. The fourth-order valence-corrected chi connectivity index (χ4v) is 5.85. The van der Waals surface area contributed by atoms with Gasteiger partial charge in [0, 0.05) is 19.1 Å². The van der Waals surface area contributed by atoms with E-state index in [1.807, 2.05) is 0 Å². The molecule has 2 aliphatic carbocycles. The molecule has 2 saturated carbocycles. The van der Waals surface area contributed by atoms with Crippen molar-refractivity contribution in [2.24, 2.45) is 16.7 Å². The molecule has 4 fully saturated rings. The van der Waals surface area contributed by atoms with E-state index in [4.69, 9.17) is 0 Å². The zero-order valence-corrected chi connectivity index (χ0v) is 13.1. The highest BCUT2D eigenvalue weighted by atomic mass is 15.0. The monoisotopic (exact) mass is 276 g/mol. The second-order valence-electron chi connectivity index (χ2n) is 8.54. The predicted molar refractivity (Wildman–Crippen MR) is 83.8 cm³/mol. The van der Waals surface area contributed by atoms with Gasteiger partial charge in [0.25, 0.3) is 0 Å². The van der Waals surface area contributed by atoms with E-state index in [2.05, 4.69) is 10.6 Å². The summed E-state index contributed by atoms with van der Waals surface area (Å²) in [5.41, 5.74) is 1.42. The minimum Gasteiger partial charge on any atom is -0.316 e. The lowest BCUT2D eigenvalue weighted by atomic mass is 9.55. The molecular formula is C18H32N2. The van der Waals surface area contributed by atoms with E-state index in [0.717, 1.165) is 12.0 Å².